The second-order valence-corrected chi connectivity index (χ2v) is 3.49. The smallest absolute Gasteiger partial charge is 0.174 e. The highest BCUT2D eigenvalue weighted by Crippen LogP contribution is 2.28. The minimum Gasteiger partial charge on any atom is -0.398 e. The van der Waals surface area contributed by atoms with Gasteiger partial charge in [0.1, 0.15) is 0 Å². The molecule has 0 unspecified atom stereocenters. The monoisotopic (exact) mass is 189 g/mol. The molecule has 2 N–H and O–H groups in total. The molecule has 0 spiro atoms. The van der Waals surface area contributed by atoms with Crippen LogP contribution < -0.4 is 5.73 Å². The summed E-state index contributed by atoms with van der Waals surface area (Å²) in [6.07, 6.45) is 0. The number of thioether (sulfide) groups is 1. The predicted molar refractivity (Wildman–Crippen MR) is 47.2 cm³/mol. The number of hydrogen-bond donors (Lipinski definition) is 1. The Balaban J connectivity index is 3.14. The van der Waals surface area contributed by atoms with Gasteiger partial charge < -0.3 is 5.73 Å². The molecule has 0 saturated carbocycles. The molecular formula is C8H9F2NS. The molecule has 0 aliphatic carbocycles. The molecule has 0 aliphatic rings. The molecule has 66 valence electrons. The Morgan fingerprint density at radius 1 is 1.42 bits per heavy atom. The third-order valence-electron chi connectivity index (χ3n) is 1.37. The van der Waals surface area contributed by atoms with E-state index in [-0.39, 0.29) is 4.90 Å². The molecule has 0 saturated heterocycles. The summed E-state index contributed by atoms with van der Waals surface area (Å²) in [5.41, 5.74) is 5.74. The van der Waals surface area contributed by atoms with Crippen LogP contribution in [-0.4, -0.2) is 5.75 Å². The topological polar surface area (TPSA) is 26.0 Å². The van der Waals surface area contributed by atoms with Crippen molar-refractivity contribution in [3.05, 3.63) is 23.8 Å². The molecular weight excluding hydrogens is 180 g/mol. The van der Waals surface area contributed by atoms with Crippen LogP contribution in [-0.2, 0) is 0 Å². The maximum Gasteiger partial charge on any atom is 0.174 e. The lowest BCUT2D eigenvalue weighted by atomic mass is 10.3. The zero-order valence-electron chi connectivity index (χ0n) is 6.60. The zero-order valence-corrected chi connectivity index (χ0v) is 7.42. The Kier molecular flexibility index (Phi) is 2.92. The first-order valence-corrected chi connectivity index (χ1v) is 4.51. The molecule has 0 aromatic heterocycles. The number of nitrogen functional groups attached to an aromatic ring is 1. The molecule has 12 heavy (non-hydrogen) atoms. The van der Waals surface area contributed by atoms with Crippen LogP contribution in [0.3, 0.4) is 0 Å². The van der Waals surface area contributed by atoms with E-state index in [1.165, 1.54) is 17.8 Å². The van der Waals surface area contributed by atoms with Gasteiger partial charge in [-0.05, 0) is 17.9 Å². The highest BCUT2D eigenvalue weighted by molar-refractivity contribution is 7.99. The second kappa shape index (κ2) is 3.76. The van der Waals surface area contributed by atoms with Gasteiger partial charge in [-0.25, -0.2) is 8.78 Å². The van der Waals surface area contributed by atoms with E-state index in [0.29, 0.717) is 11.4 Å². The first kappa shape index (κ1) is 9.32. The molecule has 0 amide bonds. The van der Waals surface area contributed by atoms with Crippen molar-refractivity contribution in [2.75, 3.05) is 11.5 Å². The summed E-state index contributed by atoms with van der Waals surface area (Å²) in [6.45, 7) is 1.86. The van der Waals surface area contributed by atoms with Gasteiger partial charge in [0, 0.05) is 5.69 Å². The minimum absolute atomic E-state index is 0.206. The number of benzene rings is 1. The summed E-state index contributed by atoms with van der Waals surface area (Å²) in [6, 6.07) is 2.40. The van der Waals surface area contributed by atoms with Crippen molar-refractivity contribution >= 4 is 17.4 Å². The molecule has 1 rings (SSSR count). The van der Waals surface area contributed by atoms with Crippen LogP contribution in [0.4, 0.5) is 14.5 Å². The molecule has 0 bridgehead atoms. The number of nitrogens with two attached hydrogens (primary N) is 1. The van der Waals surface area contributed by atoms with Gasteiger partial charge in [0.05, 0.1) is 4.90 Å². The van der Waals surface area contributed by atoms with Gasteiger partial charge in [0.2, 0.25) is 0 Å². The van der Waals surface area contributed by atoms with Gasteiger partial charge in [-0.1, -0.05) is 6.92 Å². The Labute approximate surface area is 74.0 Å². The Morgan fingerprint density at radius 2 is 2.08 bits per heavy atom. The number of anilines is 1. The summed E-state index contributed by atoms with van der Waals surface area (Å²) in [5.74, 6) is -1.02. The molecule has 4 heteroatoms. The van der Waals surface area contributed by atoms with Gasteiger partial charge in [-0.3, -0.25) is 0 Å². The van der Waals surface area contributed by atoms with Gasteiger partial charge in [-0.15, -0.1) is 11.8 Å². The van der Waals surface area contributed by atoms with Crippen LogP contribution in [0.5, 0.6) is 0 Å². The Morgan fingerprint density at radius 3 is 2.67 bits per heavy atom. The van der Waals surface area contributed by atoms with Crippen LogP contribution in [0.1, 0.15) is 6.92 Å². The van der Waals surface area contributed by atoms with E-state index in [0.717, 1.165) is 6.07 Å². The molecule has 0 fully saturated rings. The lowest BCUT2D eigenvalue weighted by molar-refractivity contribution is 0.492. The van der Waals surface area contributed by atoms with E-state index in [4.69, 9.17) is 5.73 Å². The molecule has 1 aromatic rings. The average molecular weight is 189 g/mol. The molecule has 0 radical (unpaired) electrons. The fourth-order valence-electron chi connectivity index (χ4n) is 0.838. The summed E-state index contributed by atoms with van der Waals surface area (Å²) in [4.78, 5) is 0.206. The van der Waals surface area contributed by atoms with Crippen molar-refractivity contribution in [2.45, 2.75) is 11.8 Å². The van der Waals surface area contributed by atoms with Crippen molar-refractivity contribution in [3.63, 3.8) is 0 Å². The van der Waals surface area contributed by atoms with Crippen LogP contribution in [0.15, 0.2) is 17.0 Å². The quantitative estimate of drug-likeness (QED) is 0.571. The molecule has 0 heterocycles. The maximum atomic E-state index is 13.0. The van der Waals surface area contributed by atoms with E-state index in [1.54, 1.807) is 0 Å². The standard InChI is InChI=1S/C8H9F2NS/c1-2-12-8-6(11)4-3-5(9)7(8)10/h3-4H,2,11H2,1H3. The van der Waals surface area contributed by atoms with E-state index < -0.39 is 11.6 Å². The fraction of sp³-hybridized carbons (Fsp3) is 0.250. The molecule has 1 aromatic carbocycles. The van der Waals surface area contributed by atoms with E-state index in [2.05, 4.69) is 0 Å². The second-order valence-electron chi connectivity index (χ2n) is 2.21. The highest BCUT2D eigenvalue weighted by atomic mass is 32.2. The van der Waals surface area contributed by atoms with E-state index in [9.17, 15) is 8.78 Å². The Bertz CT molecular complexity index is 289. The maximum absolute atomic E-state index is 13.0. The lowest BCUT2D eigenvalue weighted by Crippen LogP contribution is -1.95. The van der Waals surface area contributed by atoms with Crippen LogP contribution in [0.25, 0.3) is 0 Å². The largest absolute Gasteiger partial charge is 0.398 e. The van der Waals surface area contributed by atoms with Gasteiger partial charge in [0.25, 0.3) is 0 Å². The molecule has 0 atom stereocenters. The highest BCUT2D eigenvalue weighted by Gasteiger charge is 2.10. The number of hydrogen-bond acceptors (Lipinski definition) is 2. The zero-order chi connectivity index (χ0) is 9.14. The fourth-order valence-corrected chi connectivity index (χ4v) is 1.59. The third kappa shape index (κ3) is 1.69. The average Bonchev–Trinajstić information content (AvgIpc) is 2.06. The minimum atomic E-state index is -0.847. The number of rotatable bonds is 2. The lowest BCUT2D eigenvalue weighted by Gasteiger charge is -2.04. The predicted octanol–water partition coefficient (Wildman–Crippen LogP) is 2.66. The van der Waals surface area contributed by atoms with Crippen molar-refractivity contribution in [1.82, 2.24) is 0 Å². The van der Waals surface area contributed by atoms with Gasteiger partial charge >= 0.3 is 0 Å². The normalized spacial score (nSPS) is 10.2. The van der Waals surface area contributed by atoms with E-state index >= 15 is 0 Å². The Hall–Kier alpha value is -0.770. The number of halogens is 2. The molecule has 0 aliphatic heterocycles. The summed E-state index contributed by atoms with van der Waals surface area (Å²) >= 11 is 1.20. The summed E-state index contributed by atoms with van der Waals surface area (Å²) in [7, 11) is 0. The van der Waals surface area contributed by atoms with Gasteiger partial charge in [-0.2, -0.15) is 0 Å². The van der Waals surface area contributed by atoms with Crippen LogP contribution >= 0.6 is 11.8 Å². The van der Waals surface area contributed by atoms with Crippen molar-refractivity contribution in [2.24, 2.45) is 0 Å². The summed E-state index contributed by atoms with van der Waals surface area (Å²) < 4.78 is 25.6. The SMILES string of the molecule is CCSc1c(N)ccc(F)c1F. The molecule has 1 nitrogen and oxygen atoms in total. The van der Waals surface area contributed by atoms with Crippen molar-refractivity contribution in [1.29, 1.82) is 0 Å². The van der Waals surface area contributed by atoms with Crippen LogP contribution in [0, 0.1) is 11.6 Å². The van der Waals surface area contributed by atoms with Crippen molar-refractivity contribution in [3.8, 4) is 0 Å². The summed E-state index contributed by atoms with van der Waals surface area (Å²) in [5, 5.41) is 0. The van der Waals surface area contributed by atoms with Gasteiger partial charge in [0.15, 0.2) is 11.6 Å². The van der Waals surface area contributed by atoms with E-state index in [1.807, 2.05) is 6.92 Å². The van der Waals surface area contributed by atoms with Crippen LogP contribution in [0.2, 0.25) is 0 Å². The first-order chi connectivity index (χ1) is 5.66. The first-order valence-electron chi connectivity index (χ1n) is 3.53. The third-order valence-corrected chi connectivity index (χ3v) is 2.36. The van der Waals surface area contributed by atoms with Crippen molar-refractivity contribution < 1.29 is 8.78 Å².